The summed E-state index contributed by atoms with van der Waals surface area (Å²) in [5.41, 5.74) is 1.92. The van der Waals surface area contributed by atoms with Crippen molar-refractivity contribution >= 4 is 11.6 Å². The maximum atomic E-state index is 9.87. The van der Waals surface area contributed by atoms with Gasteiger partial charge >= 0.3 is 0 Å². The minimum Gasteiger partial charge on any atom is -0.497 e. The highest BCUT2D eigenvalue weighted by atomic mass is 35.5. The molecule has 2 atom stereocenters. The lowest BCUT2D eigenvalue weighted by atomic mass is 10.2. The molecule has 0 aromatic heterocycles. The Morgan fingerprint density at radius 2 is 1.75 bits per heavy atom. The number of hydrogen-bond acceptors (Lipinski definition) is 4. The Balaban J connectivity index is 1.81. The molecule has 1 N–H and O–H groups in total. The molecule has 5 heteroatoms. The number of aliphatic hydroxyl groups is 1. The number of hydrogen-bond donors (Lipinski definition) is 1. The first kappa shape index (κ1) is 18.7. The molecule has 24 heavy (non-hydrogen) atoms. The van der Waals surface area contributed by atoms with E-state index in [1.54, 1.807) is 14.0 Å². The molecule has 0 fully saturated rings. The zero-order chi connectivity index (χ0) is 17.4. The van der Waals surface area contributed by atoms with Gasteiger partial charge in [-0.25, -0.2) is 0 Å². The smallest absolute Gasteiger partial charge is 0.118 e. The molecule has 0 saturated carbocycles. The number of ether oxygens (including phenoxy) is 3. The van der Waals surface area contributed by atoms with E-state index in [0.717, 1.165) is 16.9 Å². The molecule has 0 unspecified atom stereocenters. The van der Waals surface area contributed by atoms with Crippen LogP contribution in [0, 0.1) is 0 Å². The second-order valence-electron chi connectivity index (χ2n) is 5.54. The third-order valence-corrected chi connectivity index (χ3v) is 4.03. The summed E-state index contributed by atoms with van der Waals surface area (Å²) in [4.78, 5) is 0. The molecule has 0 aliphatic heterocycles. The van der Waals surface area contributed by atoms with Gasteiger partial charge in [-0.1, -0.05) is 41.9 Å². The van der Waals surface area contributed by atoms with E-state index in [2.05, 4.69) is 0 Å². The summed E-state index contributed by atoms with van der Waals surface area (Å²) in [5, 5.41) is 10.5. The Morgan fingerprint density at radius 1 is 1.04 bits per heavy atom. The fourth-order valence-electron chi connectivity index (χ4n) is 2.15. The van der Waals surface area contributed by atoms with Gasteiger partial charge in [0.1, 0.15) is 11.9 Å². The first-order valence-corrected chi connectivity index (χ1v) is 8.21. The van der Waals surface area contributed by atoms with Crippen LogP contribution < -0.4 is 4.74 Å². The lowest BCUT2D eigenvalue weighted by Gasteiger charge is -2.21. The fourth-order valence-corrected chi connectivity index (χ4v) is 2.34. The van der Waals surface area contributed by atoms with E-state index in [-0.39, 0.29) is 0 Å². The van der Waals surface area contributed by atoms with Crippen LogP contribution in [0.5, 0.6) is 5.75 Å². The largest absolute Gasteiger partial charge is 0.497 e. The van der Waals surface area contributed by atoms with Crippen LogP contribution >= 0.6 is 11.6 Å². The van der Waals surface area contributed by atoms with Crippen LogP contribution in [0.15, 0.2) is 48.5 Å². The molecule has 2 aromatic rings. The van der Waals surface area contributed by atoms with E-state index in [1.807, 2.05) is 48.5 Å². The van der Waals surface area contributed by atoms with Crippen molar-refractivity contribution in [3.8, 4) is 5.75 Å². The Labute approximate surface area is 147 Å². The second-order valence-corrected chi connectivity index (χ2v) is 5.95. The molecule has 130 valence electrons. The van der Waals surface area contributed by atoms with Crippen molar-refractivity contribution in [1.82, 2.24) is 0 Å². The topological polar surface area (TPSA) is 47.9 Å². The summed E-state index contributed by atoms with van der Waals surface area (Å²) in [6.07, 6.45) is -1.05. The number of benzene rings is 2. The van der Waals surface area contributed by atoms with E-state index in [1.165, 1.54) is 0 Å². The molecule has 2 aromatic carbocycles. The maximum Gasteiger partial charge on any atom is 0.118 e. The van der Waals surface area contributed by atoms with Gasteiger partial charge in [-0.3, -0.25) is 0 Å². The van der Waals surface area contributed by atoms with Crippen LogP contribution in [0.4, 0.5) is 0 Å². The number of methoxy groups -OCH3 is 1. The zero-order valence-corrected chi connectivity index (χ0v) is 14.7. The van der Waals surface area contributed by atoms with Crippen molar-refractivity contribution in [3.05, 3.63) is 64.7 Å². The summed E-state index contributed by atoms with van der Waals surface area (Å²) in [7, 11) is 1.63. The highest BCUT2D eigenvalue weighted by Gasteiger charge is 2.16. The molecular weight excluding hydrogens is 328 g/mol. The SMILES string of the molecule is COc1ccc(COC[C@H](OCc2ccccc2Cl)[C@@H](C)O)cc1. The van der Waals surface area contributed by atoms with Crippen molar-refractivity contribution < 1.29 is 19.3 Å². The molecule has 4 nitrogen and oxygen atoms in total. The third-order valence-electron chi connectivity index (χ3n) is 3.66. The van der Waals surface area contributed by atoms with Crippen molar-refractivity contribution in [2.24, 2.45) is 0 Å². The molecule has 0 aliphatic rings. The fraction of sp³-hybridized carbons (Fsp3) is 0.368. The number of aliphatic hydroxyl groups excluding tert-OH is 1. The highest BCUT2D eigenvalue weighted by Crippen LogP contribution is 2.17. The number of halogens is 1. The molecule has 0 bridgehead atoms. The summed E-state index contributed by atoms with van der Waals surface area (Å²) in [6, 6.07) is 15.2. The zero-order valence-electron chi connectivity index (χ0n) is 13.9. The van der Waals surface area contributed by atoms with Gasteiger partial charge in [0.2, 0.25) is 0 Å². The lowest BCUT2D eigenvalue weighted by molar-refractivity contribution is -0.0833. The van der Waals surface area contributed by atoms with Crippen molar-refractivity contribution in [3.63, 3.8) is 0 Å². The van der Waals surface area contributed by atoms with Gasteiger partial charge in [0, 0.05) is 5.02 Å². The second kappa shape index (κ2) is 9.64. The van der Waals surface area contributed by atoms with Gasteiger partial charge in [0.05, 0.1) is 33.0 Å². The van der Waals surface area contributed by atoms with E-state index in [4.69, 9.17) is 25.8 Å². The maximum absolute atomic E-state index is 9.87. The molecule has 0 radical (unpaired) electrons. The monoisotopic (exact) mass is 350 g/mol. The van der Waals surface area contributed by atoms with Gasteiger partial charge in [-0.15, -0.1) is 0 Å². The molecular formula is C19H23ClO4. The molecule has 0 amide bonds. The number of rotatable bonds is 9. The van der Waals surface area contributed by atoms with Crippen LogP contribution in [-0.4, -0.2) is 31.0 Å². The highest BCUT2D eigenvalue weighted by molar-refractivity contribution is 6.31. The average molecular weight is 351 g/mol. The minimum absolute atomic E-state index is 0.300. The van der Waals surface area contributed by atoms with E-state index in [0.29, 0.717) is 24.8 Å². The van der Waals surface area contributed by atoms with Crippen LogP contribution in [0.1, 0.15) is 18.1 Å². The molecule has 0 saturated heterocycles. The van der Waals surface area contributed by atoms with E-state index >= 15 is 0 Å². The Hall–Kier alpha value is -1.59. The van der Waals surface area contributed by atoms with E-state index < -0.39 is 12.2 Å². The van der Waals surface area contributed by atoms with Crippen LogP contribution in [-0.2, 0) is 22.7 Å². The normalized spacial score (nSPS) is 13.5. The molecule has 0 heterocycles. The third kappa shape index (κ3) is 5.80. The molecule has 2 rings (SSSR count). The standard InChI is InChI=1S/C19H23ClO4/c1-14(21)19(24-12-16-5-3-4-6-18(16)20)13-23-11-15-7-9-17(22-2)10-8-15/h3-10,14,19,21H,11-13H2,1-2H3/t14-,19+/m1/s1. The molecule has 0 aliphatic carbocycles. The Morgan fingerprint density at radius 3 is 2.38 bits per heavy atom. The lowest BCUT2D eigenvalue weighted by Crippen LogP contribution is -2.31. The predicted octanol–water partition coefficient (Wildman–Crippen LogP) is 3.83. The summed E-state index contributed by atoms with van der Waals surface area (Å²) < 4.78 is 16.6. The van der Waals surface area contributed by atoms with E-state index in [9.17, 15) is 5.11 Å². The quantitative estimate of drug-likeness (QED) is 0.746. The van der Waals surface area contributed by atoms with Crippen LogP contribution in [0.3, 0.4) is 0 Å². The Kier molecular flexibility index (Phi) is 7.53. The van der Waals surface area contributed by atoms with Crippen molar-refractivity contribution in [1.29, 1.82) is 0 Å². The van der Waals surface area contributed by atoms with Gasteiger partial charge in [0.15, 0.2) is 0 Å². The van der Waals surface area contributed by atoms with Crippen LogP contribution in [0.2, 0.25) is 5.02 Å². The average Bonchev–Trinajstić information content (AvgIpc) is 2.59. The van der Waals surface area contributed by atoms with Crippen molar-refractivity contribution in [2.45, 2.75) is 32.3 Å². The van der Waals surface area contributed by atoms with Gasteiger partial charge < -0.3 is 19.3 Å². The predicted molar refractivity (Wildman–Crippen MR) is 94.4 cm³/mol. The van der Waals surface area contributed by atoms with Gasteiger partial charge in [0.25, 0.3) is 0 Å². The Bertz CT molecular complexity index is 613. The summed E-state index contributed by atoms with van der Waals surface area (Å²) >= 11 is 6.11. The first-order chi connectivity index (χ1) is 11.6. The van der Waals surface area contributed by atoms with Crippen LogP contribution in [0.25, 0.3) is 0 Å². The molecule has 0 spiro atoms. The summed E-state index contributed by atoms with van der Waals surface area (Å²) in [6.45, 7) is 2.77. The summed E-state index contributed by atoms with van der Waals surface area (Å²) in [5.74, 6) is 0.809. The minimum atomic E-state index is -0.636. The first-order valence-electron chi connectivity index (χ1n) is 7.84. The van der Waals surface area contributed by atoms with Crippen molar-refractivity contribution in [2.75, 3.05) is 13.7 Å². The van der Waals surface area contributed by atoms with Gasteiger partial charge in [-0.05, 0) is 36.2 Å². The van der Waals surface area contributed by atoms with Gasteiger partial charge in [-0.2, -0.15) is 0 Å².